The van der Waals surface area contributed by atoms with Crippen LogP contribution in [0.5, 0.6) is 5.88 Å². The predicted molar refractivity (Wildman–Crippen MR) is 67.6 cm³/mol. The first-order chi connectivity index (χ1) is 8.72. The van der Waals surface area contributed by atoms with Gasteiger partial charge in [0.25, 0.3) is 0 Å². The molecule has 1 aromatic rings. The number of carbonyl (C=O) groups excluding carboxylic acids is 1. The van der Waals surface area contributed by atoms with Crippen LogP contribution < -0.4 is 15.4 Å². The number of carbonyl (C=O) groups is 1. The Morgan fingerprint density at radius 3 is 3.17 bits per heavy atom. The molecular weight excluding hydrogens is 256 g/mol. The predicted octanol–water partition coefficient (Wildman–Crippen LogP) is -0.606. The van der Waals surface area contributed by atoms with Crippen molar-refractivity contribution in [1.82, 2.24) is 19.4 Å². The topological polar surface area (TPSA) is 96.4 Å². The molecule has 0 aromatic carbocycles. The van der Waals surface area contributed by atoms with Crippen LogP contribution in [0, 0.1) is 0 Å². The Bertz CT molecular complexity index is 334. The molecule has 18 heavy (non-hydrogen) atoms. The Kier molecular flexibility index (Phi) is 7.23. The lowest BCUT2D eigenvalue weighted by Gasteiger charge is -2.11. The maximum atomic E-state index is 11.2. The van der Waals surface area contributed by atoms with E-state index in [0.29, 0.717) is 12.4 Å². The molecule has 8 heteroatoms. The highest BCUT2D eigenvalue weighted by atomic mass is 32.1. The van der Waals surface area contributed by atoms with Crippen molar-refractivity contribution in [2.75, 3.05) is 26.2 Å². The zero-order chi connectivity index (χ0) is 13.2. The molecule has 1 heterocycles. The summed E-state index contributed by atoms with van der Waals surface area (Å²) in [5.74, 6) is 0.327. The summed E-state index contributed by atoms with van der Waals surface area (Å²) >= 11 is 1.05. The molecule has 0 radical (unpaired) electrons. The van der Waals surface area contributed by atoms with Crippen LogP contribution in [-0.2, 0) is 4.79 Å². The standard InChI is InChI=1S/C10H18N4O3S/c1-2-3-12-9(16)5-11-4-8(15)7-17-10-6-13-18-14-10/h6,8,11,15H,2-5,7H2,1H3,(H,12,16). The molecule has 1 amide bonds. The van der Waals surface area contributed by atoms with Crippen LogP contribution in [0.2, 0.25) is 0 Å². The van der Waals surface area contributed by atoms with Crippen molar-refractivity contribution in [3.8, 4) is 5.88 Å². The molecule has 3 N–H and O–H groups in total. The molecule has 0 saturated heterocycles. The zero-order valence-corrected chi connectivity index (χ0v) is 11.1. The molecule has 0 aliphatic rings. The first kappa shape index (κ1) is 14.8. The fourth-order valence-electron chi connectivity index (χ4n) is 1.14. The van der Waals surface area contributed by atoms with Crippen LogP contribution in [-0.4, -0.2) is 52.1 Å². The minimum Gasteiger partial charge on any atom is -0.473 e. The number of aliphatic hydroxyl groups excluding tert-OH is 1. The minimum atomic E-state index is -0.689. The van der Waals surface area contributed by atoms with Gasteiger partial charge in [-0.15, -0.1) is 4.37 Å². The van der Waals surface area contributed by atoms with E-state index in [0.717, 1.165) is 18.1 Å². The summed E-state index contributed by atoms with van der Waals surface area (Å²) in [6.07, 6.45) is 1.71. The summed E-state index contributed by atoms with van der Waals surface area (Å²) in [5, 5.41) is 15.2. The smallest absolute Gasteiger partial charge is 0.245 e. The van der Waals surface area contributed by atoms with Gasteiger partial charge in [0.15, 0.2) is 0 Å². The third-order valence-electron chi connectivity index (χ3n) is 2.00. The summed E-state index contributed by atoms with van der Waals surface area (Å²) in [6.45, 7) is 3.26. The lowest BCUT2D eigenvalue weighted by Crippen LogP contribution is -2.39. The Labute approximate surface area is 110 Å². The molecule has 0 aliphatic carbocycles. The number of rotatable bonds is 9. The summed E-state index contributed by atoms with van der Waals surface area (Å²) in [7, 11) is 0. The second-order valence-corrected chi connectivity index (χ2v) is 4.25. The number of nitrogens with one attached hydrogen (secondary N) is 2. The maximum absolute atomic E-state index is 11.2. The van der Waals surface area contributed by atoms with Crippen molar-refractivity contribution in [3.05, 3.63) is 6.20 Å². The van der Waals surface area contributed by atoms with Gasteiger partial charge in [-0.05, 0) is 6.42 Å². The number of hydrogen-bond donors (Lipinski definition) is 3. The van der Waals surface area contributed by atoms with Crippen LogP contribution >= 0.6 is 11.7 Å². The van der Waals surface area contributed by atoms with Crippen molar-refractivity contribution in [3.63, 3.8) is 0 Å². The lowest BCUT2D eigenvalue weighted by atomic mass is 10.3. The van der Waals surface area contributed by atoms with E-state index in [4.69, 9.17) is 4.74 Å². The highest BCUT2D eigenvalue weighted by molar-refractivity contribution is 6.99. The maximum Gasteiger partial charge on any atom is 0.245 e. The number of amides is 1. The average Bonchev–Trinajstić information content (AvgIpc) is 2.87. The molecule has 1 unspecified atom stereocenters. The summed E-state index contributed by atoms with van der Waals surface area (Å²) < 4.78 is 12.8. The first-order valence-corrected chi connectivity index (χ1v) is 6.51. The van der Waals surface area contributed by atoms with Crippen LogP contribution in [0.3, 0.4) is 0 Å². The number of ether oxygens (including phenoxy) is 1. The molecule has 0 spiro atoms. The largest absolute Gasteiger partial charge is 0.473 e. The molecule has 1 rings (SSSR count). The summed E-state index contributed by atoms with van der Waals surface area (Å²) in [6, 6.07) is 0. The third kappa shape index (κ3) is 6.48. The zero-order valence-electron chi connectivity index (χ0n) is 10.3. The van der Waals surface area contributed by atoms with Crippen molar-refractivity contribution >= 4 is 17.6 Å². The second-order valence-electron chi connectivity index (χ2n) is 3.69. The molecule has 0 fully saturated rings. The Balaban J connectivity index is 2.02. The quantitative estimate of drug-likeness (QED) is 0.556. The highest BCUT2D eigenvalue weighted by Crippen LogP contribution is 2.04. The second kappa shape index (κ2) is 8.78. The van der Waals surface area contributed by atoms with E-state index in [1.54, 1.807) is 0 Å². The molecule has 1 aromatic heterocycles. The normalized spacial score (nSPS) is 12.1. The van der Waals surface area contributed by atoms with E-state index in [9.17, 15) is 9.90 Å². The fourth-order valence-corrected chi connectivity index (χ4v) is 1.50. The van der Waals surface area contributed by atoms with Gasteiger partial charge >= 0.3 is 0 Å². The van der Waals surface area contributed by atoms with Gasteiger partial charge in [0, 0.05) is 13.1 Å². The Morgan fingerprint density at radius 1 is 1.67 bits per heavy atom. The van der Waals surface area contributed by atoms with Gasteiger partial charge in [-0.25, -0.2) is 0 Å². The van der Waals surface area contributed by atoms with E-state index in [-0.39, 0.29) is 25.6 Å². The molecule has 1 atom stereocenters. The van der Waals surface area contributed by atoms with Crippen LogP contribution in [0.4, 0.5) is 0 Å². The first-order valence-electron chi connectivity index (χ1n) is 5.78. The van der Waals surface area contributed by atoms with Gasteiger partial charge in [0.2, 0.25) is 11.8 Å². The molecular formula is C10H18N4O3S. The van der Waals surface area contributed by atoms with Gasteiger partial charge in [-0.2, -0.15) is 4.37 Å². The minimum absolute atomic E-state index is 0.0753. The SMILES string of the molecule is CCCNC(=O)CNCC(O)COc1cnsn1. The Hall–Kier alpha value is -1.25. The van der Waals surface area contributed by atoms with Crippen LogP contribution in [0.25, 0.3) is 0 Å². The van der Waals surface area contributed by atoms with Gasteiger partial charge < -0.3 is 20.5 Å². The van der Waals surface area contributed by atoms with Crippen molar-refractivity contribution in [2.24, 2.45) is 0 Å². The average molecular weight is 274 g/mol. The Morgan fingerprint density at radius 2 is 2.50 bits per heavy atom. The molecule has 7 nitrogen and oxygen atoms in total. The van der Waals surface area contributed by atoms with Crippen molar-refractivity contribution in [1.29, 1.82) is 0 Å². The number of nitrogens with zero attached hydrogens (tertiary/aromatic N) is 2. The van der Waals surface area contributed by atoms with Gasteiger partial charge in [-0.1, -0.05) is 6.92 Å². The highest BCUT2D eigenvalue weighted by Gasteiger charge is 2.07. The number of aromatic nitrogens is 2. The molecule has 0 bridgehead atoms. The lowest BCUT2D eigenvalue weighted by molar-refractivity contribution is -0.120. The summed E-state index contributed by atoms with van der Waals surface area (Å²) in [4.78, 5) is 11.2. The van der Waals surface area contributed by atoms with E-state index >= 15 is 0 Å². The molecule has 102 valence electrons. The van der Waals surface area contributed by atoms with E-state index in [1.807, 2.05) is 6.92 Å². The van der Waals surface area contributed by atoms with E-state index in [1.165, 1.54) is 6.20 Å². The van der Waals surface area contributed by atoms with Crippen molar-refractivity contribution < 1.29 is 14.6 Å². The molecule has 0 saturated carbocycles. The van der Waals surface area contributed by atoms with Gasteiger partial charge in [0.05, 0.1) is 18.3 Å². The monoisotopic (exact) mass is 274 g/mol. The number of aliphatic hydroxyl groups is 1. The van der Waals surface area contributed by atoms with Gasteiger partial charge in [-0.3, -0.25) is 4.79 Å². The van der Waals surface area contributed by atoms with Crippen LogP contribution in [0.1, 0.15) is 13.3 Å². The fraction of sp³-hybridized carbons (Fsp3) is 0.700. The van der Waals surface area contributed by atoms with Crippen LogP contribution in [0.15, 0.2) is 6.20 Å². The number of hydrogen-bond acceptors (Lipinski definition) is 7. The van der Waals surface area contributed by atoms with Crippen molar-refractivity contribution in [2.45, 2.75) is 19.4 Å². The third-order valence-corrected chi connectivity index (χ3v) is 2.46. The van der Waals surface area contributed by atoms with E-state index in [2.05, 4.69) is 19.4 Å². The van der Waals surface area contributed by atoms with Gasteiger partial charge in [0.1, 0.15) is 18.9 Å². The molecule has 0 aliphatic heterocycles. The van der Waals surface area contributed by atoms with E-state index < -0.39 is 6.10 Å². The summed E-state index contributed by atoms with van der Waals surface area (Å²) in [5.41, 5.74) is 0.